The van der Waals surface area contributed by atoms with Gasteiger partial charge in [-0.1, -0.05) is 32.0 Å². The molecule has 5 nitrogen and oxygen atoms in total. The Bertz CT molecular complexity index is 804. The van der Waals surface area contributed by atoms with Crippen LogP contribution < -0.4 is 0 Å². The first kappa shape index (κ1) is 21.5. The van der Waals surface area contributed by atoms with E-state index in [1.54, 1.807) is 11.0 Å². The number of nitrogens with one attached hydrogen (secondary N) is 1. The number of aromatic nitrogens is 2. The molecule has 1 amide bonds. The fourth-order valence-electron chi connectivity index (χ4n) is 4.16. The first-order valence-electron chi connectivity index (χ1n) is 10.7. The van der Waals surface area contributed by atoms with Gasteiger partial charge in [0.25, 0.3) is 5.91 Å². The maximum atomic E-state index is 13.8. The Labute approximate surface area is 173 Å². The molecule has 1 unspecified atom stereocenters. The number of halogens is 1. The molecular weight excluding hydrogens is 367 g/mol. The van der Waals surface area contributed by atoms with E-state index in [9.17, 15) is 9.18 Å². The number of carbonyl (C=O) groups is 1. The monoisotopic (exact) mass is 400 g/mol. The van der Waals surface area contributed by atoms with E-state index in [2.05, 4.69) is 28.9 Å². The molecule has 1 aromatic heterocycles. The van der Waals surface area contributed by atoms with E-state index < -0.39 is 0 Å². The van der Waals surface area contributed by atoms with Gasteiger partial charge < -0.3 is 9.80 Å². The number of nitrogens with zero attached hydrogens (tertiary/aromatic N) is 3. The molecule has 1 fully saturated rings. The van der Waals surface area contributed by atoms with E-state index in [4.69, 9.17) is 0 Å². The lowest BCUT2D eigenvalue weighted by molar-refractivity contribution is 0.0724. The Morgan fingerprint density at radius 3 is 2.93 bits per heavy atom. The Morgan fingerprint density at radius 2 is 2.17 bits per heavy atom. The van der Waals surface area contributed by atoms with Gasteiger partial charge in [0.2, 0.25) is 0 Å². The molecule has 1 atom stereocenters. The third-order valence-electron chi connectivity index (χ3n) is 5.62. The number of piperidine rings is 1. The fourth-order valence-corrected chi connectivity index (χ4v) is 4.16. The number of hydrogen-bond acceptors (Lipinski definition) is 3. The summed E-state index contributed by atoms with van der Waals surface area (Å²) in [5.41, 5.74) is 2.28. The second kappa shape index (κ2) is 10.0. The first-order valence-corrected chi connectivity index (χ1v) is 10.7. The van der Waals surface area contributed by atoms with Crippen LogP contribution in [0.1, 0.15) is 48.4 Å². The summed E-state index contributed by atoms with van der Waals surface area (Å²) in [5.74, 6) is 0.808. The zero-order valence-corrected chi connectivity index (χ0v) is 17.8. The minimum Gasteiger partial charge on any atom is -0.340 e. The van der Waals surface area contributed by atoms with Crippen LogP contribution in [0, 0.1) is 17.7 Å². The molecule has 1 saturated heterocycles. The van der Waals surface area contributed by atoms with Gasteiger partial charge in [-0.05, 0) is 61.8 Å². The quantitative estimate of drug-likeness (QED) is 0.734. The molecule has 0 spiro atoms. The lowest BCUT2D eigenvalue weighted by Crippen LogP contribution is -2.42. The van der Waals surface area contributed by atoms with Gasteiger partial charge in [-0.2, -0.15) is 5.10 Å². The minimum absolute atomic E-state index is 0.0280. The first-order chi connectivity index (χ1) is 13.9. The van der Waals surface area contributed by atoms with Crippen LogP contribution in [-0.2, 0) is 12.8 Å². The second-order valence-corrected chi connectivity index (χ2v) is 8.71. The summed E-state index contributed by atoms with van der Waals surface area (Å²) in [4.78, 5) is 16.9. The molecule has 2 aromatic rings. The number of H-pyrrole nitrogens is 1. The molecule has 0 aliphatic carbocycles. The number of hydrogen-bond donors (Lipinski definition) is 1. The van der Waals surface area contributed by atoms with Gasteiger partial charge in [0.1, 0.15) is 11.5 Å². The van der Waals surface area contributed by atoms with Gasteiger partial charge in [0.05, 0.1) is 0 Å². The van der Waals surface area contributed by atoms with Crippen LogP contribution in [0.5, 0.6) is 0 Å². The number of carbonyl (C=O) groups excluding carboxylic acids is 1. The number of rotatable bonds is 8. The summed E-state index contributed by atoms with van der Waals surface area (Å²) in [6, 6.07) is 8.88. The van der Waals surface area contributed by atoms with Gasteiger partial charge in [-0.3, -0.25) is 9.89 Å². The van der Waals surface area contributed by atoms with Crippen molar-refractivity contribution in [2.24, 2.45) is 11.8 Å². The number of benzene rings is 1. The van der Waals surface area contributed by atoms with Crippen molar-refractivity contribution < 1.29 is 9.18 Å². The predicted octanol–water partition coefficient (Wildman–Crippen LogP) is 3.77. The molecule has 2 heterocycles. The van der Waals surface area contributed by atoms with Crippen molar-refractivity contribution in [2.75, 3.05) is 33.2 Å². The van der Waals surface area contributed by atoms with E-state index in [-0.39, 0.29) is 11.7 Å². The molecule has 0 radical (unpaired) electrons. The lowest BCUT2D eigenvalue weighted by Gasteiger charge is -2.34. The maximum Gasteiger partial charge on any atom is 0.274 e. The van der Waals surface area contributed by atoms with Gasteiger partial charge in [-0.15, -0.1) is 0 Å². The molecule has 158 valence electrons. The number of aromatic amines is 1. The summed E-state index contributed by atoms with van der Waals surface area (Å²) in [7, 11) is 1.86. The van der Waals surface area contributed by atoms with Gasteiger partial charge in [-0.25, -0.2) is 4.39 Å². The van der Waals surface area contributed by atoms with E-state index in [1.807, 2.05) is 25.2 Å². The second-order valence-electron chi connectivity index (χ2n) is 8.71. The fraction of sp³-hybridized carbons (Fsp3) is 0.565. The van der Waals surface area contributed by atoms with Crippen LogP contribution in [-0.4, -0.2) is 59.1 Å². The smallest absolute Gasteiger partial charge is 0.274 e. The van der Waals surface area contributed by atoms with E-state index >= 15 is 0 Å². The maximum absolute atomic E-state index is 13.8. The summed E-state index contributed by atoms with van der Waals surface area (Å²) in [6.07, 6.45) is 3.85. The van der Waals surface area contributed by atoms with Crippen LogP contribution in [0.2, 0.25) is 0 Å². The van der Waals surface area contributed by atoms with Crippen molar-refractivity contribution in [1.29, 1.82) is 0 Å². The van der Waals surface area contributed by atoms with Crippen molar-refractivity contribution in [2.45, 2.75) is 39.5 Å². The van der Waals surface area contributed by atoms with Gasteiger partial charge >= 0.3 is 0 Å². The van der Waals surface area contributed by atoms with Crippen LogP contribution in [0.25, 0.3) is 0 Å². The van der Waals surface area contributed by atoms with Crippen molar-refractivity contribution in [3.63, 3.8) is 0 Å². The van der Waals surface area contributed by atoms with Crippen molar-refractivity contribution >= 4 is 5.91 Å². The lowest BCUT2D eigenvalue weighted by atomic mass is 9.97. The number of likely N-dealkylation sites (tertiary alicyclic amines) is 1. The molecule has 1 aliphatic heterocycles. The van der Waals surface area contributed by atoms with E-state index in [1.165, 1.54) is 6.07 Å². The molecular formula is C23H33FN4O. The summed E-state index contributed by atoms with van der Waals surface area (Å²) in [6.45, 7) is 7.87. The molecule has 0 saturated carbocycles. The highest BCUT2D eigenvalue weighted by atomic mass is 19.1. The van der Waals surface area contributed by atoms with Crippen LogP contribution in [0.3, 0.4) is 0 Å². The molecule has 29 heavy (non-hydrogen) atoms. The molecule has 6 heteroatoms. The summed E-state index contributed by atoms with van der Waals surface area (Å²) in [5, 5.41) is 7.19. The average Bonchev–Trinajstić information content (AvgIpc) is 3.14. The molecule has 0 bridgehead atoms. The highest BCUT2D eigenvalue weighted by Gasteiger charge is 2.24. The minimum atomic E-state index is -0.123. The van der Waals surface area contributed by atoms with Crippen LogP contribution in [0.4, 0.5) is 4.39 Å². The van der Waals surface area contributed by atoms with Gasteiger partial charge in [0, 0.05) is 32.4 Å². The zero-order chi connectivity index (χ0) is 20.8. The van der Waals surface area contributed by atoms with E-state index in [0.717, 1.165) is 63.1 Å². The highest BCUT2D eigenvalue weighted by molar-refractivity contribution is 5.92. The van der Waals surface area contributed by atoms with Crippen molar-refractivity contribution in [1.82, 2.24) is 20.0 Å². The predicted molar refractivity (Wildman–Crippen MR) is 113 cm³/mol. The average molecular weight is 401 g/mol. The Hall–Kier alpha value is -2.21. The standard InChI is InChI=1S/C23H33FN4O/c1-17(2)13-20-14-22(26-25-20)23(29)27(3)15-18-7-6-11-28(16-18)12-10-19-8-4-5-9-21(19)24/h4-5,8-9,14,17-18H,6-7,10-13,15-16H2,1-3H3,(H,25,26). The largest absolute Gasteiger partial charge is 0.340 e. The third-order valence-corrected chi connectivity index (χ3v) is 5.62. The SMILES string of the molecule is CC(C)Cc1cc(C(=O)N(C)CC2CCCN(CCc3ccccc3F)C2)n[nH]1. The molecule has 3 rings (SSSR count). The Kier molecular flexibility index (Phi) is 7.42. The van der Waals surface area contributed by atoms with Crippen molar-refractivity contribution in [3.05, 3.63) is 53.1 Å². The highest BCUT2D eigenvalue weighted by Crippen LogP contribution is 2.19. The molecule has 1 aliphatic rings. The summed E-state index contributed by atoms with van der Waals surface area (Å²) < 4.78 is 13.8. The Balaban J connectivity index is 1.49. The zero-order valence-electron chi connectivity index (χ0n) is 17.8. The summed E-state index contributed by atoms with van der Waals surface area (Å²) >= 11 is 0. The van der Waals surface area contributed by atoms with Crippen LogP contribution >= 0.6 is 0 Å². The van der Waals surface area contributed by atoms with E-state index in [0.29, 0.717) is 17.5 Å². The Morgan fingerprint density at radius 1 is 1.38 bits per heavy atom. The molecule has 1 N–H and O–H groups in total. The molecule has 1 aromatic carbocycles. The third kappa shape index (κ3) is 6.13. The van der Waals surface area contributed by atoms with Crippen molar-refractivity contribution in [3.8, 4) is 0 Å². The number of amides is 1. The van der Waals surface area contributed by atoms with Crippen LogP contribution in [0.15, 0.2) is 30.3 Å². The van der Waals surface area contributed by atoms with Gasteiger partial charge in [0.15, 0.2) is 0 Å². The normalized spacial score (nSPS) is 17.6. The topological polar surface area (TPSA) is 52.2 Å².